The highest BCUT2D eigenvalue weighted by atomic mass is 16.5. The van der Waals surface area contributed by atoms with Gasteiger partial charge in [0.1, 0.15) is 5.75 Å². The van der Waals surface area contributed by atoms with Crippen molar-refractivity contribution in [1.82, 2.24) is 0 Å². The molecule has 2 nitrogen and oxygen atoms in total. The van der Waals surface area contributed by atoms with Crippen molar-refractivity contribution in [3.05, 3.63) is 24.3 Å². The van der Waals surface area contributed by atoms with Crippen LogP contribution >= 0.6 is 0 Å². The summed E-state index contributed by atoms with van der Waals surface area (Å²) in [5, 5.41) is 3.53. The third-order valence-corrected chi connectivity index (χ3v) is 2.64. The Hall–Kier alpha value is -1.18. The van der Waals surface area contributed by atoms with Crippen LogP contribution < -0.4 is 10.1 Å². The molecule has 0 aliphatic rings. The predicted octanol–water partition coefficient (Wildman–Crippen LogP) is 4.46. The van der Waals surface area contributed by atoms with Gasteiger partial charge in [0.25, 0.3) is 0 Å². The van der Waals surface area contributed by atoms with Crippen molar-refractivity contribution in [2.24, 2.45) is 0 Å². The summed E-state index contributed by atoms with van der Waals surface area (Å²) < 4.78 is 5.79. The summed E-state index contributed by atoms with van der Waals surface area (Å²) in [6.07, 6.45) is 3.92. The summed E-state index contributed by atoms with van der Waals surface area (Å²) in [7, 11) is 0. The number of unbranched alkanes of at least 4 members (excludes halogenated alkanes) is 1. The summed E-state index contributed by atoms with van der Waals surface area (Å²) in [6.45, 7) is 8.55. The van der Waals surface area contributed by atoms with Gasteiger partial charge in [0.2, 0.25) is 0 Å². The van der Waals surface area contributed by atoms with Crippen molar-refractivity contribution >= 4 is 5.69 Å². The Morgan fingerprint density at radius 3 is 2.53 bits per heavy atom. The van der Waals surface area contributed by atoms with Crippen LogP contribution in [0.5, 0.6) is 5.75 Å². The third-order valence-electron chi connectivity index (χ3n) is 2.64. The molecule has 0 bridgehead atoms. The smallest absolute Gasteiger partial charge is 0.142 e. The number of hydrogen-bond donors (Lipinski definition) is 1. The van der Waals surface area contributed by atoms with Crippen molar-refractivity contribution in [3.8, 4) is 5.75 Å². The zero-order chi connectivity index (χ0) is 12.7. The first kappa shape index (κ1) is 13.9. The van der Waals surface area contributed by atoms with Crippen LogP contribution in [0, 0.1) is 0 Å². The van der Waals surface area contributed by atoms with E-state index in [1.807, 2.05) is 18.2 Å². The van der Waals surface area contributed by atoms with Gasteiger partial charge in [-0.3, -0.25) is 0 Å². The first-order chi connectivity index (χ1) is 8.13. The first-order valence-electron chi connectivity index (χ1n) is 6.65. The van der Waals surface area contributed by atoms with E-state index in [9.17, 15) is 0 Å². The number of para-hydroxylation sites is 2. The molecular formula is C15H25NO. The fourth-order valence-corrected chi connectivity index (χ4v) is 1.79. The predicted molar refractivity (Wildman–Crippen MR) is 74.8 cm³/mol. The molecule has 1 atom stereocenters. The average Bonchev–Trinajstić information content (AvgIpc) is 2.28. The standard InChI is InChI=1S/C15H25NO/c1-5-6-9-13(4)16-14-10-7-8-11-15(14)17-12(2)3/h7-8,10-13,16H,5-6,9H2,1-4H3. The van der Waals surface area contributed by atoms with Gasteiger partial charge in [0, 0.05) is 6.04 Å². The average molecular weight is 235 g/mol. The summed E-state index contributed by atoms with van der Waals surface area (Å²) in [5.74, 6) is 0.950. The summed E-state index contributed by atoms with van der Waals surface area (Å²) in [4.78, 5) is 0. The molecular weight excluding hydrogens is 210 g/mol. The lowest BCUT2D eigenvalue weighted by molar-refractivity contribution is 0.243. The van der Waals surface area contributed by atoms with Crippen LogP contribution in [0.4, 0.5) is 5.69 Å². The molecule has 1 aromatic rings. The monoisotopic (exact) mass is 235 g/mol. The Kier molecular flexibility index (Phi) is 5.88. The molecule has 0 spiro atoms. The first-order valence-corrected chi connectivity index (χ1v) is 6.65. The van der Waals surface area contributed by atoms with Crippen molar-refractivity contribution in [3.63, 3.8) is 0 Å². The Labute approximate surface area is 105 Å². The summed E-state index contributed by atoms with van der Waals surface area (Å²) in [6, 6.07) is 8.66. The minimum absolute atomic E-state index is 0.212. The molecule has 17 heavy (non-hydrogen) atoms. The van der Waals surface area contributed by atoms with Crippen molar-refractivity contribution < 1.29 is 4.74 Å². The molecule has 0 fully saturated rings. The second-order valence-electron chi connectivity index (χ2n) is 4.85. The van der Waals surface area contributed by atoms with E-state index in [1.54, 1.807) is 0 Å². The fraction of sp³-hybridized carbons (Fsp3) is 0.600. The number of nitrogens with one attached hydrogen (secondary N) is 1. The highest BCUT2D eigenvalue weighted by Gasteiger charge is 2.07. The molecule has 96 valence electrons. The van der Waals surface area contributed by atoms with Gasteiger partial charge in [-0.1, -0.05) is 31.9 Å². The minimum atomic E-state index is 0.212. The lowest BCUT2D eigenvalue weighted by Crippen LogP contribution is -2.16. The normalized spacial score (nSPS) is 12.5. The molecule has 0 aliphatic carbocycles. The van der Waals surface area contributed by atoms with Gasteiger partial charge in [-0.25, -0.2) is 0 Å². The molecule has 0 radical (unpaired) electrons. The van der Waals surface area contributed by atoms with Crippen LogP contribution in [0.15, 0.2) is 24.3 Å². The molecule has 0 aliphatic heterocycles. The lowest BCUT2D eigenvalue weighted by atomic mass is 10.1. The van der Waals surface area contributed by atoms with Gasteiger partial charge >= 0.3 is 0 Å². The van der Waals surface area contributed by atoms with Gasteiger partial charge in [-0.2, -0.15) is 0 Å². The molecule has 0 saturated heterocycles. The molecule has 0 saturated carbocycles. The number of rotatable bonds is 7. The van der Waals surface area contributed by atoms with E-state index in [0.717, 1.165) is 11.4 Å². The van der Waals surface area contributed by atoms with E-state index in [1.165, 1.54) is 19.3 Å². The molecule has 0 aromatic heterocycles. The van der Waals surface area contributed by atoms with Gasteiger partial charge in [-0.05, 0) is 39.3 Å². The van der Waals surface area contributed by atoms with E-state index in [-0.39, 0.29) is 6.10 Å². The Morgan fingerprint density at radius 2 is 1.88 bits per heavy atom. The summed E-state index contributed by atoms with van der Waals surface area (Å²) in [5.41, 5.74) is 1.10. The minimum Gasteiger partial charge on any atom is -0.489 e. The van der Waals surface area contributed by atoms with Crippen molar-refractivity contribution in [1.29, 1.82) is 0 Å². The molecule has 1 aromatic carbocycles. The quantitative estimate of drug-likeness (QED) is 0.753. The van der Waals surface area contributed by atoms with E-state index in [0.29, 0.717) is 6.04 Å². The second-order valence-corrected chi connectivity index (χ2v) is 4.85. The highest BCUT2D eigenvalue weighted by molar-refractivity contribution is 5.56. The topological polar surface area (TPSA) is 21.3 Å². The Bertz CT molecular complexity index is 322. The highest BCUT2D eigenvalue weighted by Crippen LogP contribution is 2.26. The van der Waals surface area contributed by atoms with Crippen LogP contribution in [0.2, 0.25) is 0 Å². The maximum absolute atomic E-state index is 5.79. The molecule has 1 unspecified atom stereocenters. The number of anilines is 1. The number of benzene rings is 1. The Morgan fingerprint density at radius 1 is 1.18 bits per heavy atom. The van der Waals surface area contributed by atoms with Crippen LogP contribution in [0.1, 0.15) is 47.0 Å². The third kappa shape index (κ3) is 5.12. The van der Waals surface area contributed by atoms with E-state index in [2.05, 4.69) is 39.1 Å². The SMILES string of the molecule is CCCCC(C)Nc1ccccc1OC(C)C. The molecule has 0 amide bonds. The molecule has 2 heteroatoms. The Balaban J connectivity index is 2.62. The molecule has 1 N–H and O–H groups in total. The van der Waals surface area contributed by atoms with Gasteiger partial charge in [0.05, 0.1) is 11.8 Å². The van der Waals surface area contributed by atoms with E-state index < -0.39 is 0 Å². The second kappa shape index (κ2) is 7.21. The fourth-order valence-electron chi connectivity index (χ4n) is 1.79. The zero-order valence-corrected chi connectivity index (χ0v) is 11.5. The van der Waals surface area contributed by atoms with E-state index >= 15 is 0 Å². The number of ether oxygens (including phenoxy) is 1. The van der Waals surface area contributed by atoms with Crippen molar-refractivity contribution in [2.75, 3.05) is 5.32 Å². The van der Waals surface area contributed by atoms with Crippen molar-refractivity contribution in [2.45, 2.75) is 59.1 Å². The zero-order valence-electron chi connectivity index (χ0n) is 11.5. The molecule has 0 heterocycles. The van der Waals surface area contributed by atoms with E-state index in [4.69, 9.17) is 4.74 Å². The van der Waals surface area contributed by atoms with Gasteiger partial charge in [-0.15, -0.1) is 0 Å². The maximum atomic E-state index is 5.79. The van der Waals surface area contributed by atoms with Crippen LogP contribution in [0.25, 0.3) is 0 Å². The maximum Gasteiger partial charge on any atom is 0.142 e. The van der Waals surface area contributed by atoms with Crippen LogP contribution in [0.3, 0.4) is 0 Å². The number of hydrogen-bond acceptors (Lipinski definition) is 2. The lowest BCUT2D eigenvalue weighted by Gasteiger charge is -2.19. The van der Waals surface area contributed by atoms with Gasteiger partial charge < -0.3 is 10.1 Å². The van der Waals surface area contributed by atoms with Crippen LogP contribution in [-0.4, -0.2) is 12.1 Å². The van der Waals surface area contributed by atoms with Crippen LogP contribution in [-0.2, 0) is 0 Å². The molecule has 1 rings (SSSR count). The van der Waals surface area contributed by atoms with Gasteiger partial charge in [0.15, 0.2) is 0 Å². The largest absolute Gasteiger partial charge is 0.489 e. The summed E-state index contributed by atoms with van der Waals surface area (Å²) >= 11 is 0.